The molecule has 0 fully saturated rings. The quantitative estimate of drug-likeness (QED) is 0.482. The van der Waals surface area contributed by atoms with E-state index in [9.17, 15) is 14.5 Å². The summed E-state index contributed by atoms with van der Waals surface area (Å²) in [6.45, 7) is 3.70. The fourth-order valence-electron chi connectivity index (χ4n) is 1.57. The fourth-order valence-corrected chi connectivity index (χ4v) is 1.75. The van der Waals surface area contributed by atoms with Crippen molar-refractivity contribution in [2.75, 3.05) is 0 Å². The van der Waals surface area contributed by atoms with Gasteiger partial charge in [-0.15, -0.1) is 0 Å². The lowest BCUT2D eigenvalue weighted by molar-refractivity contribution is -0.385. The Bertz CT molecular complexity index is 694. The van der Waals surface area contributed by atoms with Gasteiger partial charge in [-0.1, -0.05) is 31.5 Å². The van der Waals surface area contributed by atoms with Gasteiger partial charge in [0, 0.05) is 18.1 Å². The summed E-state index contributed by atoms with van der Waals surface area (Å²) in [6.07, 6.45) is 0. The van der Waals surface area contributed by atoms with Gasteiger partial charge in [0.25, 0.3) is 0 Å². The molecule has 1 heterocycles. The summed E-state index contributed by atoms with van der Waals surface area (Å²) < 4.78 is 19.0. The maximum Gasteiger partial charge on any atom is 0.314 e. The summed E-state index contributed by atoms with van der Waals surface area (Å²) in [6, 6.07) is 4.70. The zero-order valence-electron chi connectivity index (χ0n) is 11.2. The normalized spacial score (nSPS) is 10.7. The average Bonchev–Trinajstić information content (AvgIpc) is 2.40. The minimum Gasteiger partial charge on any atom is -0.428 e. The van der Waals surface area contributed by atoms with Crippen molar-refractivity contribution in [2.45, 2.75) is 19.8 Å². The maximum atomic E-state index is 13.7. The average molecular weight is 312 g/mol. The van der Waals surface area contributed by atoms with Crippen molar-refractivity contribution in [3.63, 3.8) is 0 Å². The summed E-state index contributed by atoms with van der Waals surface area (Å²) in [7, 11) is 0. The number of benzene rings is 1. The van der Waals surface area contributed by atoms with Gasteiger partial charge < -0.3 is 4.74 Å². The number of hydrogen-bond acceptors (Lipinski definition) is 5. The van der Waals surface area contributed by atoms with E-state index in [-0.39, 0.29) is 17.0 Å². The van der Waals surface area contributed by atoms with Crippen LogP contribution < -0.4 is 4.74 Å². The lowest BCUT2D eigenvalue weighted by Crippen LogP contribution is -2.02. The summed E-state index contributed by atoms with van der Waals surface area (Å²) >= 11 is 5.84. The molecule has 0 spiro atoms. The third-order valence-electron chi connectivity index (χ3n) is 2.55. The highest BCUT2D eigenvalue weighted by Crippen LogP contribution is 2.33. The van der Waals surface area contributed by atoms with Crippen LogP contribution in [0.2, 0.25) is 5.15 Å². The van der Waals surface area contributed by atoms with Gasteiger partial charge in [0.05, 0.1) is 4.92 Å². The van der Waals surface area contributed by atoms with Crippen LogP contribution in [0.4, 0.5) is 10.1 Å². The number of para-hydroxylation sites is 1. The number of nitro benzene ring substituents is 1. The molecule has 110 valence electrons. The molecule has 0 atom stereocenters. The van der Waals surface area contributed by atoms with E-state index in [0.29, 0.717) is 5.82 Å². The van der Waals surface area contributed by atoms with Crippen molar-refractivity contribution in [1.29, 1.82) is 0 Å². The molecule has 0 unspecified atom stereocenters. The Morgan fingerprint density at radius 3 is 2.71 bits per heavy atom. The molecule has 0 radical (unpaired) electrons. The lowest BCUT2D eigenvalue weighted by atomic mass is 10.2. The second kappa shape index (κ2) is 6.01. The molecule has 0 saturated heterocycles. The van der Waals surface area contributed by atoms with Gasteiger partial charge in [-0.2, -0.15) is 4.98 Å². The summed E-state index contributed by atoms with van der Waals surface area (Å²) in [5.41, 5.74) is -0.490. The van der Waals surface area contributed by atoms with Crippen molar-refractivity contribution in [3.8, 4) is 11.6 Å². The Morgan fingerprint density at radius 2 is 2.10 bits per heavy atom. The van der Waals surface area contributed by atoms with Crippen molar-refractivity contribution in [2.24, 2.45) is 0 Å². The fraction of sp³-hybridized carbons (Fsp3) is 0.231. The van der Waals surface area contributed by atoms with E-state index in [1.807, 2.05) is 13.8 Å². The summed E-state index contributed by atoms with van der Waals surface area (Å²) in [4.78, 5) is 18.2. The Morgan fingerprint density at radius 1 is 1.38 bits per heavy atom. The van der Waals surface area contributed by atoms with Gasteiger partial charge in [-0.3, -0.25) is 10.1 Å². The first-order chi connectivity index (χ1) is 9.88. The molecule has 0 aliphatic rings. The number of ether oxygens (including phenoxy) is 1. The lowest BCUT2D eigenvalue weighted by Gasteiger charge is -2.09. The Balaban J connectivity index is 2.45. The van der Waals surface area contributed by atoms with Gasteiger partial charge in [0.1, 0.15) is 11.0 Å². The number of rotatable bonds is 4. The second-order valence-corrected chi connectivity index (χ2v) is 4.88. The van der Waals surface area contributed by atoms with Crippen LogP contribution in [-0.2, 0) is 0 Å². The predicted molar refractivity (Wildman–Crippen MR) is 74.3 cm³/mol. The summed E-state index contributed by atoms with van der Waals surface area (Å²) in [5, 5.41) is 11.0. The number of hydrogen-bond donors (Lipinski definition) is 0. The zero-order valence-corrected chi connectivity index (χ0v) is 12.0. The molecule has 1 aromatic carbocycles. The Hall–Kier alpha value is -2.28. The molecular formula is C13H11ClFN3O3. The van der Waals surface area contributed by atoms with Gasteiger partial charge in [0.15, 0.2) is 5.82 Å². The molecule has 6 nitrogen and oxygen atoms in total. The first-order valence-electron chi connectivity index (χ1n) is 6.03. The predicted octanol–water partition coefficient (Wildman–Crippen LogP) is 4.09. The van der Waals surface area contributed by atoms with Gasteiger partial charge in [-0.05, 0) is 6.07 Å². The van der Waals surface area contributed by atoms with Crippen molar-refractivity contribution < 1.29 is 14.1 Å². The molecule has 2 aromatic rings. The van der Waals surface area contributed by atoms with Crippen LogP contribution in [0.25, 0.3) is 0 Å². The third-order valence-corrected chi connectivity index (χ3v) is 2.75. The Kier molecular flexibility index (Phi) is 4.32. The molecule has 2 rings (SSSR count). The van der Waals surface area contributed by atoms with E-state index in [1.54, 1.807) is 0 Å². The van der Waals surface area contributed by atoms with Crippen LogP contribution in [0.15, 0.2) is 24.3 Å². The maximum absolute atomic E-state index is 13.7. The van der Waals surface area contributed by atoms with Crippen LogP contribution in [0, 0.1) is 15.9 Å². The molecule has 0 bridgehead atoms. The molecule has 0 aliphatic carbocycles. The number of halogens is 2. The minimum atomic E-state index is -0.856. The van der Waals surface area contributed by atoms with Gasteiger partial charge >= 0.3 is 5.69 Å². The van der Waals surface area contributed by atoms with E-state index < -0.39 is 22.2 Å². The molecule has 21 heavy (non-hydrogen) atoms. The number of aromatic nitrogens is 2. The van der Waals surface area contributed by atoms with Crippen molar-refractivity contribution in [1.82, 2.24) is 9.97 Å². The molecular weight excluding hydrogens is 301 g/mol. The van der Waals surface area contributed by atoms with E-state index in [2.05, 4.69) is 9.97 Å². The molecule has 0 N–H and O–H groups in total. The van der Waals surface area contributed by atoms with Crippen LogP contribution in [0.3, 0.4) is 0 Å². The highest BCUT2D eigenvalue weighted by atomic mass is 35.5. The highest BCUT2D eigenvalue weighted by molar-refractivity contribution is 6.29. The van der Waals surface area contributed by atoms with Crippen LogP contribution in [-0.4, -0.2) is 14.9 Å². The topological polar surface area (TPSA) is 78.2 Å². The standard InChI is InChI=1S/C13H11ClFN3O3/c1-7(2)13-16-10(14)6-11(17-13)21-12-8(15)4-3-5-9(12)18(19)20/h3-7H,1-2H3. The number of nitrogens with zero attached hydrogens (tertiary/aromatic N) is 3. The van der Waals surface area contributed by atoms with Gasteiger partial charge in [0.2, 0.25) is 11.6 Å². The molecule has 0 amide bonds. The second-order valence-electron chi connectivity index (χ2n) is 4.49. The Labute approximate surface area is 124 Å². The van der Waals surface area contributed by atoms with Crippen LogP contribution in [0.1, 0.15) is 25.6 Å². The largest absolute Gasteiger partial charge is 0.428 e. The highest BCUT2D eigenvalue weighted by Gasteiger charge is 2.21. The van der Waals surface area contributed by atoms with Gasteiger partial charge in [-0.25, -0.2) is 9.37 Å². The van der Waals surface area contributed by atoms with E-state index >= 15 is 0 Å². The van der Waals surface area contributed by atoms with Crippen LogP contribution >= 0.6 is 11.6 Å². The molecule has 0 saturated carbocycles. The molecule has 1 aromatic heterocycles. The monoisotopic (exact) mass is 311 g/mol. The third kappa shape index (κ3) is 3.43. The minimum absolute atomic E-state index is 0.0262. The van der Waals surface area contributed by atoms with E-state index in [4.69, 9.17) is 16.3 Å². The SMILES string of the molecule is CC(C)c1nc(Cl)cc(Oc2c(F)cccc2[N+](=O)[O-])n1. The zero-order chi connectivity index (χ0) is 15.6. The van der Waals surface area contributed by atoms with Crippen LogP contribution in [0.5, 0.6) is 11.6 Å². The van der Waals surface area contributed by atoms with Crippen molar-refractivity contribution >= 4 is 17.3 Å². The summed E-state index contributed by atoms with van der Waals surface area (Å²) in [5.74, 6) is -1.04. The van der Waals surface area contributed by atoms with Crippen molar-refractivity contribution in [3.05, 3.63) is 51.2 Å². The first-order valence-corrected chi connectivity index (χ1v) is 6.41. The first kappa shape index (κ1) is 15.1. The van der Waals surface area contributed by atoms with E-state index in [0.717, 1.165) is 12.1 Å². The molecule has 0 aliphatic heterocycles. The number of nitro groups is 1. The molecule has 8 heteroatoms. The smallest absolute Gasteiger partial charge is 0.314 e. The van der Waals surface area contributed by atoms with E-state index in [1.165, 1.54) is 12.1 Å².